The van der Waals surface area contributed by atoms with Crippen LogP contribution in [0.4, 0.5) is 8.78 Å². The van der Waals surface area contributed by atoms with E-state index in [4.69, 9.17) is 11.6 Å². The highest BCUT2D eigenvalue weighted by molar-refractivity contribution is 6.27. The zero-order chi connectivity index (χ0) is 13.1. The molecule has 0 aliphatic heterocycles. The van der Waals surface area contributed by atoms with Crippen LogP contribution in [0.5, 0.6) is 0 Å². The molecule has 0 heterocycles. The summed E-state index contributed by atoms with van der Waals surface area (Å²) in [7, 11) is 0. The Hall–Kier alpha value is -1.16. The van der Waals surface area contributed by atoms with Crippen LogP contribution in [0, 0.1) is 11.6 Å². The fraction of sp³-hybridized carbons (Fsp3) is 0.417. The highest BCUT2D eigenvalue weighted by Gasteiger charge is 2.25. The molecule has 1 amide bonds. The first-order valence-corrected chi connectivity index (χ1v) is 5.68. The van der Waals surface area contributed by atoms with Crippen molar-refractivity contribution in [3.63, 3.8) is 0 Å². The van der Waals surface area contributed by atoms with Gasteiger partial charge in [-0.05, 0) is 23.8 Å². The van der Waals surface area contributed by atoms with E-state index in [1.165, 1.54) is 0 Å². The van der Waals surface area contributed by atoms with Crippen molar-refractivity contribution in [2.45, 2.75) is 19.3 Å². The minimum Gasteiger partial charge on any atom is -0.354 e. The molecule has 2 nitrogen and oxygen atoms in total. The Morgan fingerprint density at radius 3 is 2.65 bits per heavy atom. The summed E-state index contributed by atoms with van der Waals surface area (Å²) in [4.78, 5) is 11.0. The van der Waals surface area contributed by atoms with E-state index in [0.29, 0.717) is 0 Å². The predicted molar refractivity (Wildman–Crippen MR) is 63.1 cm³/mol. The lowest BCUT2D eigenvalue weighted by molar-refractivity contribution is -0.118. The second kappa shape index (κ2) is 5.45. The number of carbonyl (C=O) groups excluding carboxylic acids is 1. The fourth-order valence-electron chi connectivity index (χ4n) is 1.48. The van der Waals surface area contributed by atoms with Crippen molar-refractivity contribution < 1.29 is 13.6 Å². The van der Waals surface area contributed by atoms with Gasteiger partial charge in [-0.25, -0.2) is 8.78 Å². The van der Waals surface area contributed by atoms with Gasteiger partial charge in [-0.2, -0.15) is 0 Å². The second-order valence-electron chi connectivity index (χ2n) is 4.42. The van der Waals surface area contributed by atoms with Crippen LogP contribution >= 0.6 is 11.6 Å². The van der Waals surface area contributed by atoms with Crippen molar-refractivity contribution in [2.24, 2.45) is 0 Å². The first-order valence-electron chi connectivity index (χ1n) is 5.15. The third-order valence-electron chi connectivity index (χ3n) is 2.51. The van der Waals surface area contributed by atoms with Crippen LogP contribution in [0.15, 0.2) is 18.2 Å². The average molecular weight is 262 g/mol. The summed E-state index contributed by atoms with van der Waals surface area (Å²) in [5.41, 5.74) is -0.471. The van der Waals surface area contributed by atoms with Gasteiger partial charge in [0, 0.05) is 12.0 Å². The first kappa shape index (κ1) is 13.9. The van der Waals surface area contributed by atoms with E-state index in [9.17, 15) is 13.6 Å². The summed E-state index contributed by atoms with van der Waals surface area (Å²) in [5, 5.41) is 2.56. The highest BCUT2D eigenvalue weighted by Crippen LogP contribution is 2.25. The zero-order valence-electron chi connectivity index (χ0n) is 9.69. The summed E-state index contributed by atoms with van der Waals surface area (Å²) in [6.45, 7) is 3.64. The maximum Gasteiger partial charge on any atom is 0.234 e. The van der Waals surface area contributed by atoms with Gasteiger partial charge >= 0.3 is 0 Å². The van der Waals surface area contributed by atoms with Crippen LogP contribution in [-0.4, -0.2) is 18.3 Å². The number of alkyl halides is 1. The molecule has 1 aromatic carbocycles. The second-order valence-corrected chi connectivity index (χ2v) is 4.69. The van der Waals surface area contributed by atoms with Crippen molar-refractivity contribution in [3.8, 4) is 0 Å². The van der Waals surface area contributed by atoms with Crippen molar-refractivity contribution >= 4 is 17.5 Å². The number of carbonyl (C=O) groups is 1. The molecule has 0 unspecified atom stereocenters. The summed E-state index contributed by atoms with van der Waals surface area (Å²) in [6.07, 6.45) is 0. The topological polar surface area (TPSA) is 29.1 Å². The minimum atomic E-state index is -0.700. The molecule has 0 aliphatic carbocycles. The Kier molecular flexibility index (Phi) is 4.46. The molecule has 0 bridgehead atoms. The number of rotatable bonds is 4. The molecule has 0 radical (unpaired) electrons. The number of benzene rings is 1. The van der Waals surface area contributed by atoms with E-state index in [2.05, 4.69) is 5.32 Å². The Morgan fingerprint density at radius 1 is 1.41 bits per heavy atom. The zero-order valence-corrected chi connectivity index (χ0v) is 10.4. The SMILES string of the molecule is CC(C)(CNC(=O)CCl)c1cc(F)ccc1F. The molecular formula is C12H14ClF2NO. The molecular weight excluding hydrogens is 248 g/mol. The van der Waals surface area contributed by atoms with E-state index in [1.807, 2.05) is 0 Å². The largest absolute Gasteiger partial charge is 0.354 e. The summed E-state index contributed by atoms with van der Waals surface area (Å²) >= 11 is 5.34. The van der Waals surface area contributed by atoms with Gasteiger partial charge in [0.15, 0.2) is 0 Å². The van der Waals surface area contributed by atoms with Gasteiger partial charge in [0.05, 0.1) is 0 Å². The lowest BCUT2D eigenvalue weighted by atomic mass is 9.84. The maximum absolute atomic E-state index is 13.6. The number of amides is 1. The fourth-order valence-corrected chi connectivity index (χ4v) is 1.57. The summed E-state index contributed by atoms with van der Waals surface area (Å²) in [5.74, 6) is -1.48. The number of halogens is 3. The Bertz CT molecular complexity index is 421. The monoisotopic (exact) mass is 261 g/mol. The molecule has 1 aromatic rings. The van der Waals surface area contributed by atoms with Crippen molar-refractivity contribution in [1.29, 1.82) is 0 Å². The highest BCUT2D eigenvalue weighted by atomic mass is 35.5. The molecule has 0 atom stereocenters. The molecule has 5 heteroatoms. The van der Waals surface area contributed by atoms with Gasteiger partial charge in [-0.1, -0.05) is 13.8 Å². The maximum atomic E-state index is 13.6. The summed E-state index contributed by atoms with van der Waals surface area (Å²) < 4.78 is 26.6. The standard InChI is InChI=1S/C12H14ClF2NO/c1-12(2,7-16-11(17)6-13)9-5-8(14)3-4-10(9)15/h3-5H,6-7H2,1-2H3,(H,16,17). The van der Waals surface area contributed by atoms with E-state index < -0.39 is 17.0 Å². The lowest BCUT2D eigenvalue weighted by Gasteiger charge is -2.26. The van der Waals surface area contributed by atoms with Crippen molar-refractivity contribution in [1.82, 2.24) is 5.32 Å². The number of nitrogens with one attached hydrogen (secondary N) is 1. The van der Waals surface area contributed by atoms with Gasteiger partial charge in [-0.3, -0.25) is 4.79 Å². The Balaban J connectivity index is 2.88. The third kappa shape index (κ3) is 3.66. The van der Waals surface area contributed by atoms with Crippen LogP contribution in [0.2, 0.25) is 0 Å². The van der Waals surface area contributed by atoms with E-state index in [1.54, 1.807) is 13.8 Å². The van der Waals surface area contributed by atoms with Gasteiger partial charge in [-0.15, -0.1) is 11.6 Å². The van der Waals surface area contributed by atoms with E-state index in [-0.39, 0.29) is 23.9 Å². The first-order chi connectivity index (χ1) is 7.86. The van der Waals surface area contributed by atoms with Crippen LogP contribution in [0.3, 0.4) is 0 Å². The molecule has 0 aromatic heterocycles. The number of hydrogen-bond donors (Lipinski definition) is 1. The average Bonchev–Trinajstić information content (AvgIpc) is 2.29. The van der Waals surface area contributed by atoms with E-state index >= 15 is 0 Å². The smallest absolute Gasteiger partial charge is 0.234 e. The van der Waals surface area contributed by atoms with Crippen LogP contribution < -0.4 is 5.32 Å². The Morgan fingerprint density at radius 2 is 2.06 bits per heavy atom. The normalized spacial score (nSPS) is 11.4. The van der Waals surface area contributed by atoms with Gasteiger partial charge in [0.2, 0.25) is 5.91 Å². The quantitative estimate of drug-likeness (QED) is 0.830. The van der Waals surface area contributed by atoms with Crippen LogP contribution in [-0.2, 0) is 10.2 Å². The van der Waals surface area contributed by atoms with Crippen LogP contribution in [0.1, 0.15) is 19.4 Å². The third-order valence-corrected chi connectivity index (χ3v) is 2.75. The Labute approximate surface area is 104 Å². The number of hydrogen-bond acceptors (Lipinski definition) is 1. The molecule has 1 rings (SSSR count). The van der Waals surface area contributed by atoms with Crippen LogP contribution in [0.25, 0.3) is 0 Å². The minimum absolute atomic E-state index is 0.151. The molecule has 0 saturated carbocycles. The van der Waals surface area contributed by atoms with Crippen molar-refractivity contribution in [3.05, 3.63) is 35.4 Å². The van der Waals surface area contributed by atoms with Gasteiger partial charge < -0.3 is 5.32 Å². The predicted octanol–water partition coefficient (Wildman–Crippen LogP) is 2.60. The van der Waals surface area contributed by atoms with Crippen molar-refractivity contribution in [2.75, 3.05) is 12.4 Å². The van der Waals surface area contributed by atoms with Gasteiger partial charge in [0.25, 0.3) is 0 Å². The molecule has 17 heavy (non-hydrogen) atoms. The molecule has 0 spiro atoms. The molecule has 0 fully saturated rings. The molecule has 94 valence electrons. The molecule has 0 aliphatic rings. The molecule has 0 saturated heterocycles. The van der Waals surface area contributed by atoms with Gasteiger partial charge in [0.1, 0.15) is 17.5 Å². The summed E-state index contributed by atoms with van der Waals surface area (Å²) in [6, 6.07) is 3.28. The molecule has 1 N–H and O–H groups in total. The lowest BCUT2D eigenvalue weighted by Crippen LogP contribution is -2.37. The van der Waals surface area contributed by atoms with E-state index in [0.717, 1.165) is 18.2 Å².